The van der Waals surface area contributed by atoms with Crippen molar-refractivity contribution in [3.8, 4) is 0 Å². The third-order valence-electron chi connectivity index (χ3n) is 0.144. The minimum absolute atomic E-state index is 0. The summed E-state index contributed by atoms with van der Waals surface area (Å²) in [4.78, 5) is 0. The first-order chi connectivity index (χ1) is 3.42. The molecule has 0 aliphatic rings. The molecule has 7 nitrogen and oxygen atoms in total. The van der Waals surface area contributed by atoms with Crippen molar-refractivity contribution in [2.75, 3.05) is 0 Å². The van der Waals surface area contributed by atoms with Crippen LogP contribution in [-0.2, 0) is 25.4 Å². The Bertz CT molecular complexity index is 187. The molecule has 0 saturated heterocycles. The maximum Gasteiger partial charge on any atom is 1.00 e. The summed E-state index contributed by atoms with van der Waals surface area (Å²) in [6.07, 6.45) is 0. The topological polar surface area (TPSA) is 136 Å². The summed E-state index contributed by atoms with van der Waals surface area (Å²) >= 11 is -2.97. The molecule has 1 atom stereocenters. The second-order valence-corrected chi connectivity index (χ2v) is 2.55. The second-order valence-electron chi connectivity index (χ2n) is 0.713. The standard InChI is InChI=1S/H3N.Na.H2O6S2.H/c;;1-7(2)6-8(3,4)5;/h1H3;;(H,1,2)(H,3,4,5);/q;+1;;-1. The molecule has 0 saturated carbocycles. The van der Waals surface area contributed by atoms with Gasteiger partial charge in [0, 0.05) is 0 Å². The van der Waals surface area contributed by atoms with Crippen LogP contribution in [0.3, 0.4) is 0 Å². The molecule has 0 fully saturated rings. The first kappa shape index (κ1) is 17.1. The maximum absolute atomic E-state index is 9.42. The number of hydrogen-bond acceptors (Lipinski definition) is 5. The third-order valence-corrected chi connectivity index (χ3v) is 1.30. The van der Waals surface area contributed by atoms with Crippen LogP contribution >= 0.6 is 0 Å². The van der Waals surface area contributed by atoms with Crippen molar-refractivity contribution in [2.45, 2.75) is 0 Å². The summed E-state index contributed by atoms with van der Waals surface area (Å²) in [5.74, 6) is 0. The van der Waals surface area contributed by atoms with Gasteiger partial charge in [-0.15, -0.1) is 3.63 Å². The Hall–Kier alpha value is 0.940. The van der Waals surface area contributed by atoms with E-state index in [0.29, 0.717) is 0 Å². The minimum atomic E-state index is -4.77. The molecule has 10 heavy (non-hydrogen) atoms. The number of hydrogen-bond donors (Lipinski definition) is 3. The Balaban J connectivity index is -0.0000000817. The van der Waals surface area contributed by atoms with Crippen molar-refractivity contribution in [3.05, 3.63) is 0 Å². The van der Waals surface area contributed by atoms with Gasteiger partial charge in [0.05, 0.1) is 0 Å². The van der Waals surface area contributed by atoms with E-state index in [1.807, 2.05) is 0 Å². The van der Waals surface area contributed by atoms with Crippen LogP contribution in [0.4, 0.5) is 0 Å². The molecular weight excluding hydrogens is 197 g/mol. The summed E-state index contributed by atoms with van der Waals surface area (Å²) in [5, 5.41) is 0. The fraction of sp³-hybridized carbons (Fsp3) is 0. The van der Waals surface area contributed by atoms with Gasteiger partial charge in [0.2, 0.25) is 0 Å². The van der Waals surface area contributed by atoms with Crippen LogP contribution in [0.5, 0.6) is 0 Å². The van der Waals surface area contributed by atoms with Crippen LogP contribution in [0, 0.1) is 0 Å². The van der Waals surface area contributed by atoms with Gasteiger partial charge >= 0.3 is 51.3 Å². The van der Waals surface area contributed by atoms with Crippen molar-refractivity contribution in [1.29, 1.82) is 0 Å². The average molecular weight is 203 g/mol. The molecule has 0 aromatic heterocycles. The SMILES string of the molecule is N.O=S(O)OS(=O)(=O)O.[H-].[Na+]. The van der Waals surface area contributed by atoms with E-state index in [4.69, 9.17) is 9.11 Å². The molecule has 0 heterocycles. The summed E-state index contributed by atoms with van der Waals surface area (Å²) in [6.45, 7) is 0. The molecule has 0 radical (unpaired) electrons. The zero-order valence-corrected chi connectivity index (χ0v) is 8.68. The minimum Gasteiger partial charge on any atom is -1.00 e. The van der Waals surface area contributed by atoms with Gasteiger partial charge in [-0.1, -0.05) is 0 Å². The van der Waals surface area contributed by atoms with Crippen molar-refractivity contribution in [1.82, 2.24) is 6.15 Å². The Morgan fingerprint density at radius 2 is 1.80 bits per heavy atom. The van der Waals surface area contributed by atoms with E-state index < -0.39 is 21.8 Å². The Morgan fingerprint density at radius 1 is 1.50 bits per heavy atom. The monoisotopic (exact) mass is 203 g/mol. The zero-order chi connectivity index (χ0) is 6.78. The Kier molecular flexibility index (Phi) is 11.4. The molecule has 0 aromatic rings. The quantitative estimate of drug-likeness (QED) is 0.238. The molecule has 10 heteroatoms. The summed E-state index contributed by atoms with van der Waals surface area (Å²) in [7, 11) is -4.77. The van der Waals surface area contributed by atoms with Crippen LogP contribution in [0.15, 0.2) is 0 Å². The summed E-state index contributed by atoms with van der Waals surface area (Å²) in [5.41, 5.74) is 0. The van der Waals surface area contributed by atoms with Crippen molar-refractivity contribution < 1.29 is 56.3 Å². The fourth-order valence-electron chi connectivity index (χ4n) is 0.0736. The Labute approximate surface area is 83.9 Å². The van der Waals surface area contributed by atoms with Gasteiger partial charge < -0.3 is 7.58 Å². The molecule has 0 bridgehead atoms. The van der Waals surface area contributed by atoms with E-state index in [0.717, 1.165) is 0 Å². The van der Waals surface area contributed by atoms with Crippen LogP contribution in [0.1, 0.15) is 1.43 Å². The molecule has 0 aromatic carbocycles. The van der Waals surface area contributed by atoms with Gasteiger partial charge in [-0.3, -0.25) is 9.11 Å². The molecule has 0 rings (SSSR count). The van der Waals surface area contributed by atoms with E-state index in [1.165, 1.54) is 0 Å². The van der Waals surface area contributed by atoms with E-state index in [2.05, 4.69) is 3.63 Å². The van der Waals surface area contributed by atoms with E-state index in [1.54, 1.807) is 0 Å². The summed E-state index contributed by atoms with van der Waals surface area (Å²) < 4.78 is 46.4. The van der Waals surface area contributed by atoms with Gasteiger partial charge in [-0.25, -0.2) is 0 Å². The molecule has 0 spiro atoms. The van der Waals surface area contributed by atoms with Crippen LogP contribution in [0.25, 0.3) is 0 Å². The predicted molar refractivity (Wildman–Crippen MR) is 29.5 cm³/mol. The molecule has 0 aliphatic heterocycles. The average Bonchev–Trinajstić information content (AvgIpc) is 1.21. The first-order valence-corrected chi connectivity index (χ1v) is 3.60. The summed E-state index contributed by atoms with van der Waals surface area (Å²) in [6, 6.07) is 0. The van der Waals surface area contributed by atoms with Crippen LogP contribution < -0.4 is 35.7 Å². The molecule has 0 amide bonds. The second kappa shape index (κ2) is 6.64. The van der Waals surface area contributed by atoms with Crippen molar-refractivity contribution in [2.24, 2.45) is 0 Å². The number of rotatable bonds is 2. The van der Waals surface area contributed by atoms with Crippen molar-refractivity contribution >= 4 is 21.8 Å². The van der Waals surface area contributed by atoms with Gasteiger partial charge in [0.1, 0.15) is 0 Å². The van der Waals surface area contributed by atoms with Gasteiger partial charge in [0.15, 0.2) is 0 Å². The third kappa shape index (κ3) is 16.0. The van der Waals surface area contributed by atoms with E-state index in [9.17, 15) is 12.6 Å². The van der Waals surface area contributed by atoms with E-state index in [-0.39, 0.29) is 37.1 Å². The molecule has 0 aliphatic carbocycles. The molecule has 5 N–H and O–H groups in total. The Morgan fingerprint density at radius 3 is 1.80 bits per heavy atom. The molecule has 60 valence electrons. The largest absolute Gasteiger partial charge is 1.00 e. The smallest absolute Gasteiger partial charge is 1.00 e. The molecular formula is H6NNaO6S2. The van der Waals surface area contributed by atoms with Crippen LogP contribution in [-0.4, -0.2) is 21.7 Å². The fourth-order valence-corrected chi connectivity index (χ4v) is 0.662. The predicted octanol–water partition coefficient (Wildman–Crippen LogP) is -3.78. The van der Waals surface area contributed by atoms with Crippen LogP contribution in [0.2, 0.25) is 0 Å². The zero-order valence-electron chi connectivity index (χ0n) is 6.05. The van der Waals surface area contributed by atoms with Gasteiger partial charge in [0.25, 0.3) is 0 Å². The van der Waals surface area contributed by atoms with Gasteiger partial charge in [-0.05, 0) is 0 Å². The first-order valence-electron chi connectivity index (χ1n) is 1.20. The van der Waals surface area contributed by atoms with Gasteiger partial charge in [-0.2, -0.15) is 12.6 Å². The van der Waals surface area contributed by atoms with Crippen molar-refractivity contribution in [3.63, 3.8) is 0 Å². The molecule has 1 unspecified atom stereocenters. The van der Waals surface area contributed by atoms with E-state index >= 15 is 0 Å². The maximum atomic E-state index is 9.42. The normalized spacial score (nSPS) is 12.6.